The van der Waals surface area contributed by atoms with Crippen molar-refractivity contribution in [1.29, 1.82) is 0 Å². The molecule has 4 saturated carbocycles. The van der Waals surface area contributed by atoms with E-state index < -0.39 is 0 Å². The van der Waals surface area contributed by atoms with Gasteiger partial charge in [0.05, 0.1) is 0 Å². The standard InChI is InChI=1S/C19H33N/c1-3-12-5-7-13(8-6-12)19(20-4-2)18-16-14-9-10-15(11-14)17(16)18/h12-20H,3-11H2,1-2H3. The van der Waals surface area contributed by atoms with Crippen molar-refractivity contribution in [3.8, 4) is 0 Å². The molecule has 0 spiro atoms. The van der Waals surface area contributed by atoms with Crippen LogP contribution in [0.25, 0.3) is 0 Å². The third-order valence-electron chi connectivity index (χ3n) is 7.63. The molecule has 5 unspecified atom stereocenters. The molecule has 1 N–H and O–H groups in total. The molecule has 4 aliphatic rings. The van der Waals surface area contributed by atoms with Crippen LogP contribution in [0.15, 0.2) is 0 Å². The Balaban J connectivity index is 1.41. The van der Waals surface area contributed by atoms with E-state index in [1.165, 1.54) is 38.6 Å². The summed E-state index contributed by atoms with van der Waals surface area (Å²) in [5.74, 6) is 7.73. The summed E-state index contributed by atoms with van der Waals surface area (Å²) in [7, 11) is 0. The van der Waals surface area contributed by atoms with Gasteiger partial charge >= 0.3 is 0 Å². The molecule has 0 amide bonds. The monoisotopic (exact) mass is 275 g/mol. The van der Waals surface area contributed by atoms with E-state index in [2.05, 4.69) is 19.2 Å². The van der Waals surface area contributed by atoms with E-state index in [1.54, 1.807) is 19.3 Å². The van der Waals surface area contributed by atoms with Crippen molar-refractivity contribution in [2.45, 2.75) is 71.3 Å². The van der Waals surface area contributed by atoms with E-state index in [1.807, 2.05) is 0 Å². The topological polar surface area (TPSA) is 12.0 Å². The predicted octanol–water partition coefficient (Wildman–Crippen LogP) is 4.47. The van der Waals surface area contributed by atoms with Crippen molar-refractivity contribution in [3.63, 3.8) is 0 Å². The van der Waals surface area contributed by atoms with Crippen molar-refractivity contribution >= 4 is 0 Å². The second kappa shape index (κ2) is 5.30. The van der Waals surface area contributed by atoms with Gasteiger partial charge in [0.2, 0.25) is 0 Å². The number of hydrogen-bond acceptors (Lipinski definition) is 1. The van der Waals surface area contributed by atoms with Crippen LogP contribution in [-0.2, 0) is 0 Å². The Morgan fingerprint density at radius 3 is 2.10 bits per heavy atom. The van der Waals surface area contributed by atoms with Gasteiger partial charge < -0.3 is 5.32 Å². The van der Waals surface area contributed by atoms with Gasteiger partial charge in [-0.25, -0.2) is 0 Å². The number of rotatable bonds is 5. The molecule has 1 nitrogen and oxygen atoms in total. The summed E-state index contributed by atoms with van der Waals surface area (Å²) >= 11 is 0. The first-order valence-electron chi connectivity index (χ1n) is 9.56. The highest BCUT2D eigenvalue weighted by molar-refractivity contribution is 5.16. The van der Waals surface area contributed by atoms with Crippen LogP contribution in [0, 0.1) is 41.4 Å². The van der Waals surface area contributed by atoms with Crippen LogP contribution in [0.1, 0.15) is 65.2 Å². The average Bonchev–Trinajstić information content (AvgIpc) is 2.90. The zero-order valence-electron chi connectivity index (χ0n) is 13.5. The van der Waals surface area contributed by atoms with Crippen molar-refractivity contribution in [2.75, 3.05) is 6.54 Å². The van der Waals surface area contributed by atoms with Crippen molar-refractivity contribution in [2.24, 2.45) is 41.4 Å². The lowest BCUT2D eigenvalue weighted by atomic mass is 9.75. The summed E-state index contributed by atoms with van der Waals surface area (Å²) in [6.45, 7) is 5.89. The highest BCUT2D eigenvalue weighted by Gasteiger charge is 2.67. The minimum absolute atomic E-state index is 0.885. The molecule has 0 aromatic heterocycles. The van der Waals surface area contributed by atoms with Crippen molar-refractivity contribution in [3.05, 3.63) is 0 Å². The quantitative estimate of drug-likeness (QED) is 0.780. The van der Waals surface area contributed by atoms with Crippen LogP contribution in [0.3, 0.4) is 0 Å². The third-order valence-corrected chi connectivity index (χ3v) is 7.63. The summed E-state index contributed by atoms with van der Waals surface area (Å²) < 4.78 is 0. The van der Waals surface area contributed by atoms with Gasteiger partial charge in [0, 0.05) is 6.04 Å². The first-order valence-corrected chi connectivity index (χ1v) is 9.56. The Morgan fingerprint density at radius 1 is 0.900 bits per heavy atom. The highest BCUT2D eigenvalue weighted by Crippen LogP contribution is 2.71. The largest absolute Gasteiger partial charge is 0.314 e. The molecule has 0 aromatic rings. The van der Waals surface area contributed by atoms with Gasteiger partial charge in [-0.2, -0.15) is 0 Å². The number of hydrogen-bond donors (Lipinski definition) is 1. The molecular formula is C19H33N. The molecule has 20 heavy (non-hydrogen) atoms. The zero-order valence-corrected chi connectivity index (χ0v) is 13.5. The minimum atomic E-state index is 0.885. The molecule has 1 heteroatoms. The maximum absolute atomic E-state index is 3.94. The predicted molar refractivity (Wildman–Crippen MR) is 84.5 cm³/mol. The van der Waals surface area contributed by atoms with Crippen LogP contribution >= 0.6 is 0 Å². The third kappa shape index (κ3) is 2.07. The zero-order chi connectivity index (χ0) is 13.7. The van der Waals surface area contributed by atoms with Gasteiger partial charge in [0.15, 0.2) is 0 Å². The lowest BCUT2D eigenvalue weighted by molar-refractivity contribution is 0.189. The van der Waals surface area contributed by atoms with Crippen LogP contribution in [-0.4, -0.2) is 12.6 Å². The maximum Gasteiger partial charge on any atom is 0.0129 e. The molecule has 2 bridgehead atoms. The van der Waals surface area contributed by atoms with Gasteiger partial charge in [-0.15, -0.1) is 0 Å². The summed E-state index contributed by atoms with van der Waals surface area (Å²) in [5, 5.41) is 3.94. The maximum atomic E-state index is 3.94. The summed E-state index contributed by atoms with van der Waals surface area (Å²) in [4.78, 5) is 0. The molecule has 0 aromatic carbocycles. The smallest absolute Gasteiger partial charge is 0.0129 e. The second-order valence-electron chi connectivity index (χ2n) is 8.34. The highest BCUT2D eigenvalue weighted by atomic mass is 15.0. The van der Waals surface area contributed by atoms with Crippen LogP contribution in [0.4, 0.5) is 0 Å². The fraction of sp³-hybridized carbons (Fsp3) is 1.00. The van der Waals surface area contributed by atoms with Crippen molar-refractivity contribution < 1.29 is 0 Å². The molecule has 4 rings (SSSR count). The summed E-state index contributed by atoms with van der Waals surface area (Å²) in [6, 6.07) is 0.885. The molecule has 114 valence electrons. The average molecular weight is 275 g/mol. The fourth-order valence-corrected chi connectivity index (χ4v) is 6.68. The van der Waals surface area contributed by atoms with Crippen LogP contribution in [0.5, 0.6) is 0 Å². The molecule has 4 aliphatic carbocycles. The van der Waals surface area contributed by atoms with E-state index in [0.29, 0.717) is 0 Å². The molecule has 0 radical (unpaired) electrons. The van der Waals surface area contributed by atoms with E-state index in [0.717, 1.165) is 47.5 Å². The second-order valence-corrected chi connectivity index (χ2v) is 8.34. The van der Waals surface area contributed by atoms with E-state index in [-0.39, 0.29) is 0 Å². The minimum Gasteiger partial charge on any atom is -0.314 e. The molecule has 5 atom stereocenters. The first kappa shape index (κ1) is 13.6. The Hall–Kier alpha value is -0.0400. The molecule has 0 heterocycles. The van der Waals surface area contributed by atoms with E-state index >= 15 is 0 Å². The first-order chi connectivity index (χ1) is 9.83. The molecular weight excluding hydrogens is 242 g/mol. The Morgan fingerprint density at radius 2 is 1.55 bits per heavy atom. The summed E-state index contributed by atoms with van der Waals surface area (Å²) in [5.41, 5.74) is 0. The lowest BCUT2D eigenvalue weighted by Crippen LogP contribution is -2.41. The SMILES string of the molecule is CCNC(C1CCC(CC)CC1)C1C2C3CCC(C3)C21. The number of nitrogens with one attached hydrogen (secondary N) is 1. The lowest BCUT2D eigenvalue weighted by Gasteiger charge is -2.35. The summed E-state index contributed by atoms with van der Waals surface area (Å²) in [6.07, 6.45) is 12.2. The normalized spacial score (nSPS) is 51.0. The van der Waals surface area contributed by atoms with Crippen LogP contribution in [0.2, 0.25) is 0 Å². The van der Waals surface area contributed by atoms with E-state index in [9.17, 15) is 0 Å². The molecule has 0 aliphatic heterocycles. The van der Waals surface area contributed by atoms with Gasteiger partial charge in [-0.1, -0.05) is 33.1 Å². The van der Waals surface area contributed by atoms with Crippen LogP contribution < -0.4 is 5.32 Å². The van der Waals surface area contributed by atoms with Crippen molar-refractivity contribution in [1.82, 2.24) is 5.32 Å². The van der Waals surface area contributed by atoms with E-state index in [4.69, 9.17) is 0 Å². The van der Waals surface area contributed by atoms with Gasteiger partial charge in [-0.05, 0) is 80.1 Å². The Labute approximate surface area is 125 Å². The van der Waals surface area contributed by atoms with Gasteiger partial charge in [0.1, 0.15) is 0 Å². The van der Waals surface area contributed by atoms with Gasteiger partial charge in [0.25, 0.3) is 0 Å². The molecule has 0 saturated heterocycles. The number of fused-ring (bicyclic) bond motifs is 5. The fourth-order valence-electron chi connectivity index (χ4n) is 6.68. The Bertz CT molecular complexity index is 328. The molecule has 4 fully saturated rings. The van der Waals surface area contributed by atoms with Gasteiger partial charge in [-0.3, -0.25) is 0 Å². The Kier molecular flexibility index (Phi) is 3.61.